The van der Waals surface area contributed by atoms with Gasteiger partial charge < -0.3 is 10.1 Å². The highest BCUT2D eigenvalue weighted by Crippen LogP contribution is 2.37. The highest BCUT2D eigenvalue weighted by Gasteiger charge is 2.31. The van der Waals surface area contributed by atoms with E-state index in [1.54, 1.807) is 24.3 Å². The van der Waals surface area contributed by atoms with E-state index < -0.39 is 11.2 Å². The molecule has 7 nitrogen and oxygen atoms in total. The third kappa shape index (κ3) is 4.08. The van der Waals surface area contributed by atoms with Gasteiger partial charge in [0.05, 0.1) is 5.52 Å². The molecule has 0 fully saturated rings. The van der Waals surface area contributed by atoms with Gasteiger partial charge in [-0.2, -0.15) is 4.99 Å². The Bertz CT molecular complexity index is 1180. The van der Waals surface area contributed by atoms with Crippen LogP contribution in [0.2, 0.25) is 5.02 Å². The number of nitrogens with zero attached hydrogens (tertiary/aromatic N) is 3. The molecule has 4 rings (SSSR count). The van der Waals surface area contributed by atoms with E-state index in [9.17, 15) is 14.7 Å². The number of hydrogen-bond acceptors (Lipinski definition) is 6. The number of nitrogens with one attached hydrogen (secondary N) is 1. The van der Waals surface area contributed by atoms with Crippen LogP contribution in [-0.4, -0.2) is 32.2 Å². The number of aromatic amines is 1. The first-order chi connectivity index (χ1) is 13.9. The van der Waals surface area contributed by atoms with Crippen LogP contribution in [0.15, 0.2) is 57.7 Å². The Kier molecular flexibility index (Phi) is 5.21. The zero-order valence-electron chi connectivity index (χ0n) is 15.2. The van der Waals surface area contributed by atoms with Crippen LogP contribution < -0.4 is 0 Å². The van der Waals surface area contributed by atoms with E-state index in [-0.39, 0.29) is 28.9 Å². The van der Waals surface area contributed by atoms with Crippen LogP contribution in [0.1, 0.15) is 22.3 Å². The van der Waals surface area contributed by atoms with E-state index in [2.05, 4.69) is 20.2 Å². The number of fused-ring (bicyclic) bond motifs is 1. The molecular formula is C20H15ClN4O3S. The number of rotatable bonds is 4. The van der Waals surface area contributed by atoms with Gasteiger partial charge >= 0.3 is 0 Å². The van der Waals surface area contributed by atoms with Crippen molar-refractivity contribution in [3.8, 4) is 5.88 Å². The summed E-state index contributed by atoms with van der Waals surface area (Å²) in [6.45, 7) is 1.93. The predicted molar refractivity (Wildman–Crippen MR) is 113 cm³/mol. The lowest BCUT2D eigenvalue weighted by molar-refractivity contribution is -0.117. The van der Waals surface area contributed by atoms with Crippen molar-refractivity contribution in [3.63, 3.8) is 0 Å². The van der Waals surface area contributed by atoms with E-state index in [0.717, 1.165) is 28.2 Å². The van der Waals surface area contributed by atoms with Crippen molar-refractivity contribution in [2.24, 2.45) is 15.2 Å². The maximum Gasteiger partial charge on any atom is 0.262 e. The largest absolute Gasteiger partial charge is 0.493 e. The minimum atomic E-state index is -0.647. The summed E-state index contributed by atoms with van der Waals surface area (Å²) >= 11 is 6.91. The average molecular weight is 427 g/mol. The number of aromatic nitrogens is 1. The first-order valence-corrected chi connectivity index (χ1v) is 9.97. The number of benzene rings is 2. The Labute approximate surface area is 174 Å². The van der Waals surface area contributed by atoms with E-state index >= 15 is 0 Å². The number of Topliss-reactive ketones (excluding diaryl/α,β-unsaturated/α-hetero) is 1. The SMILES string of the molecule is Cc1ccc2[nH]c(O)c(N=NC3=NC(=O)C(CC(=O)c4ccc(Cl)cc4)S3)c2c1. The van der Waals surface area contributed by atoms with Gasteiger partial charge in [0.1, 0.15) is 5.25 Å². The van der Waals surface area contributed by atoms with Crippen LogP contribution in [-0.2, 0) is 4.79 Å². The molecule has 1 amide bonds. The highest BCUT2D eigenvalue weighted by molar-refractivity contribution is 8.15. The van der Waals surface area contributed by atoms with Crippen LogP contribution >= 0.6 is 23.4 Å². The van der Waals surface area contributed by atoms with Crippen LogP contribution in [0.25, 0.3) is 10.9 Å². The molecule has 2 N–H and O–H groups in total. The molecule has 146 valence electrons. The average Bonchev–Trinajstić information content (AvgIpc) is 3.19. The summed E-state index contributed by atoms with van der Waals surface area (Å²) in [5, 5.41) is 18.9. The summed E-state index contributed by atoms with van der Waals surface area (Å²) < 4.78 is 0. The Balaban J connectivity index is 1.47. The molecule has 1 atom stereocenters. The summed E-state index contributed by atoms with van der Waals surface area (Å²) in [7, 11) is 0. The van der Waals surface area contributed by atoms with Crippen molar-refractivity contribution in [2.45, 2.75) is 18.6 Å². The number of azo groups is 1. The second kappa shape index (κ2) is 7.81. The number of aromatic hydroxyl groups is 1. The van der Waals surface area contributed by atoms with E-state index in [0.29, 0.717) is 10.6 Å². The summed E-state index contributed by atoms with van der Waals surface area (Å²) in [6, 6.07) is 12.1. The molecule has 0 saturated carbocycles. The van der Waals surface area contributed by atoms with Gasteiger partial charge in [-0.15, -0.1) is 10.2 Å². The number of halogens is 1. The van der Waals surface area contributed by atoms with Crippen molar-refractivity contribution in [1.82, 2.24) is 4.98 Å². The third-order valence-corrected chi connectivity index (χ3v) is 5.70. The second-order valence-electron chi connectivity index (χ2n) is 6.54. The number of amidine groups is 1. The van der Waals surface area contributed by atoms with E-state index in [1.807, 2.05) is 25.1 Å². The molecule has 0 aliphatic carbocycles. The van der Waals surface area contributed by atoms with E-state index in [1.165, 1.54) is 0 Å². The first kappa shape index (κ1) is 19.4. The monoisotopic (exact) mass is 426 g/mol. The molecule has 1 unspecified atom stereocenters. The standard InChI is InChI=1S/C20H15ClN4O3S/c1-10-2-7-14-13(8-10)17(19(28)22-14)24-25-20-23-18(27)16(29-20)9-15(26)11-3-5-12(21)6-4-11/h2-8,16,22,28H,9H2,1H3. The van der Waals surface area contributed by atoms with Gasteiger partial charge in [0.2, 0.25) is 11.0 Å². The minimum absolute atomic E-state index is 0.00514. The maximum atomic E-state index is 12.4. The topological polar surface area (TPSA) is 107 Å². The number of H-pyrrole nitrogens is 1. The van der Waals surface area contributed by atoms with Crippen molar-refractivity contribution in [2.75, 3.05) is 0 Å². The fourth-order valence-electron chi connectivity index (χ4n) is 2.94. The number of carbonyl (C=O) groups excluding carboxylic acids is 2. The first-order valence-electron chi connectivity index (χ1n) is 8.71. The zero-order valence-corrected chi connectivity index (χ0v) is 16.8. The molecule has 0 saturated heterocycles. The zero-order chi connectivity index (χ0) is 20.5. The lowest BCUT2D eigenvalue weighted by Crippen LogP contribution is -2.16. The molecule has 1 aliphatic rings. The fourth-order valence-corrected chi connectivity index (χ4v) is 3.94. The number of thioether (sulfide) groups is 1. The molecule has 2 heterocycles. The maximum absolute atomic E-state index is 12.4. The predicted octanol–water partition coefficient (Wildman–Crippen LogP) is 5.19. The van der Waals surface area contributed by atoms with E-state index in [4.69, 9.17) is 11.6 Å². The number of hydrogen-bond donors (Lipinski definition) is 2. The molecule has 0 radical (unpaired) electrons. The molecule has 0 bridgehead atoms. The Morgan fingerprint density at radius 1 is 1.24 bits per heavy atom. The van der Waals surface area contributed by atoms with Gasteiger partial charge in [0.25, 0.3) is 5.91 Å². The number of carbonyl (C=O) groups is 2. The summed E-state index contributed by atoms with van der Waals surface area (Å²) in [5.74, 6) is -0.713. The van der Waals surface area contributed by atoms with Crippen LogP contribution in [0.5, 0.6) is 5.88 Å². The molecule has 29 heavy (non-hydrogen) atoms. The van der Waals surface area contributed by atoms with Crippen LogP contribution in [0.4, 0.5) is 5.69 Å². The summed E-state index contributed by atoms with van der Waals surface area (Å²) in [4.78, 5) is 31.2. The van der Waals surface area contributed by atoms with Gasteiger partial charge in [-0.25, -0.2) is 0 Å². The van der Waals surface area contributed by atoms with Gasteiger partial charge in [-0.05, 0) is 43.3 Å². The number of amides is 1. The number of aliphatic imine (C=N–C) groups is 1. The Morgan fingerprint density at radius 3 is 2.76 bits per heavy atom. The van der Waals surface area contributed by atoms with Gasteiger partial charge in [-0.1, -0.05) is 35.0 Å². The molecule has 2 aromatic carbocycles. The van der Waals surface area contributed by atoms with Crippen LogP contribution in [0.3, 0.4) is 0 Å². The van der Waals surface area contributed by atoms with Gasteiger partial charge in [0.15, 0.2) is 11.5 Å². The molecule has 1 aromatic heterocycles. The third-order valence-electron chi connectivity index (χ3n) is 4.41. The lowest BCUT2D eigenvalue weighted by Gasteiger charge is -2.05. The van der Waals surface area contributed by atoms with Crippen LogP contribution in [0, 0.1) is 6.92 Å². The number of aryl methyl sites for hydroxylation is 1. The Hall–Kier alpha value is -2.97. The van der Waals surface area contributed by atoms with Gasteiger partial charge in [-0.3, -0.25) is 9.59 Å². The summed E-state index contributed by atoms with van der Waals surface area (Å²) in [5.41, 5.74) is 2.50. The van der Waals surface area contributed by atoms with Crippen molar-refractivity contribution >= 4 is 56.8 Å². The smallest absolute Gasteiger partial charge is 0.262 e. The lowest BCUT2D eigenvalue weighted by atomic mass is 10.1. The minimum Gasteiger partial charge on any atom is -0.493 e. The quantitative estimate of drug-likeness (QED) is 0.442. The molecule has 9 heteroatoms. The van der Waals surface area contributed by atoms with Crippen molar-refractivity contribution in [1.29, 1.82) is 0 Å². The van der Waals surface area contributed by atoms with Crippen molar-refractivity contribution in [3.05, 3.63) is 58.6 Å². The van der Waals surface area contributed by atoms with Crippen molar-refractivity contribution < 1.29 is 14.7 Å². The molecule has 1 aliphatic heterocycles. The Morgan fingerprint density at radius 2 is 2.00 bits per heavy atom. The molecular weight excluding hydrogens is 412 g/mol. The normalized spacial score (nSPS) is 16.7. The number of ketones is 1. The molecule has 0 spiro atoms. The second-order valence-corrected chi connectivity index (χ2v) is 8.15. The molecule has 3 aromatic rings. The fraction of sp³-hybridized carbons (Fsp3) is 0.150. The highest BCUT2D eigenvalue weighted by atomic mass is 35.5. The summed E-state index contributed by atoms with van der Waals surface area (Å²) in [6.07, 6.45) is 0.00514. The van der Waals surface area contributed by atoms with Gasteiger partial charge in [0, 0.05) is 22.4 Å².